The molecular weight excluding hydrogens is 206 g/mol. The zero-order valence-corrected chi connectivity index (χ0v) is 9.64. The minimum Gasteiger partial charge on any atom is -0.504 e. The fourth-order valence-electron chi connectivity index (χ4n) is 1.35. The lowest BCUT2D eigenvalue weighted by molar-refractivity contribution is 0.206. The second-order valence-electron chi connectivity index (χ2n) is 4.11. The first-order valence-electron chi connectivity index (χ1n) is 5.40. The van der Waals surface area contributed by atoms with Crippen LogP contribution in [0, 0.1) is 5.92 Å². The van der Waals surface area contributed by atoms with E-state index in [0.29, 0.717) is 12.1 Å². The Balaban J connectivity index is 2.58. The van der Waals surface area contributed by atoms with E-state index >= 15 is 0 Å². The number of nitrogens with one attached hydrogen (secondary N) is 1. The maximum Gasteiger partial charge on any atom is 0.161 e. The van der Waals surface area contributed by atoms with Gasteiger partial charge in [-0.15, -0.1) is 0 Å². The van der Waals surface area contributed by atoms with Gasteiger partial charge in [-0.1, -0.05) is 19.1 Å². The second kappa shape index (κ2) is 5.72. The summed E-state index contributed by atoms with van der Waals surface area (Å²) < 4.78 is 0. The molecule has 16 heavy (non-hydrogen) atoms. The number of phenols is 2. The number of aromatic hydroxyl groups is 2. The van der Waals surface area contributed by atoms with Crippen LogP contribution in [0.5, 0.6) is 11.5 Å². The lowest BCUT2D eigenvalue weighted by atomic mass is 10.0. The molecule has 90 valence electrons. The molecule has 0 aromatic heterocycles. The van der Waals surface area contributed by atoms with Crippen molar-refractivity contribution < 1.29 is 15.3 Å². The molecule has 2 unspecified atom stereocenters. The molecule has 0 radical (unpaired) electrons. The summed E-state index contributed by atoms with van der Waals surface area (Å²) in [5.74, 6) is -0.0412. The Morgan fingerprint density at radius 3 is 2.56 bits per heavy atom. The van der Waals surface area contributed by atoms with E-state index in [1.54, 1.807) is 12.1 Å². The minimum absolute atomic E-state index is 0.0844. The molecule has 4 nitrogen and oxygen atoms in total. The van der Waals surface area contributed by atoms with Crippen molar-refractivity contribution in [3.8, 4) is 11.5 Å². The number of benzene rings is 1. The van der Waals surface area contributed by atoms with E-state index in [1.165, 1.54) is 6.07 Å². The number of aliphatic hydroxyl groups is 1. The molecule has 1 aromatic rings. The van der Waals surface area contributed by atoms with Gasteiger partial charge < -0.3 is 20.6 Å². The Hall–Kier alpha value is -1.26. The number of phenolic OH excluding ortho intramolecular Hbond substituents is 2. The molecule has 0 saturated carbocycles. The fourth-order valence-corrected chi connectivity index (χ4v) is 1.35. The van der Waals surface area contributed by atoms with Crippen LogP contribution >= 0.6 is 0 Å². The highest BCUT2D eigenvalue weighted by Gasteiger charge is 2.12. The monoisotopic (exact) mass is 225 g/mol. The molecule has 0 aliphatic rings. The van der Waals surface area contributed by atoms with Crippen LogP contribution < -0.4 is 5.32 Å². The molecule has 0 spiro atoms. The summed E-state index contributed by atoms with van der Waals surface area (Å²) in [5.41, 5.74) is 0.650. The van der Waals surface area contributed by atoms with Gasteiger partial charge in [0.15, 0.2) is 11.5 Å². The molecule has 0 aliphatic heterocycles. The zero-order chi connectivity index (χ0) is 12.1. The van der Waals surface area contributed by atoms with E-state index in [2.05, 4.69) is 5.32 Å². The third-order valence-corrected chi connectivity index (χ3v) is 2.85. The highest BCUT2D eigenvalue weighted by molar-refractivity contribution is 5.44. The van der Waals surface area contributed by atoms with Gasteiger partial charge >= 0.3 is 0 Å². The first-order chi connectivity index (χ1) is 7.56. The van der Waals surface area contributed by atoms with Crippen molar-refractivity contribution in [1.82, 2.24) is 5.32 Å². The van der Waals surface area contributed by atoms with E-state index in [1.807, 2.05) is 13.8 Å². The predicted molar refractivity (Wildman–Crippen MR) is 62.3 cm³/mol. The quantitative estimate of drug-likeness (QED) is 0.568. The van der Waals surface area contributed by atoms with Crippen LogP contribution in [0.15, 0.2) is 18.2 Å². The van der Waals surface area contributed by atoms with Crippen molar-refractivity contribution in [1.29, 1.82) is 0 Å². The summed E-state index contributed by atoms with van der Waals surface area (Å²) in [4.78, 5) is 0. The maximum absolute atomic E-state index is 9.57. The first kappa shape index (κ1) is 12.8. The Bertz CT molecular complexity index is 341. The predicted octanol–water partition coefficient (Wildman–Crippen LogP) is 1.20. The fraction of sp³-hybridized carbons (Fsp3) is 0.500. The molecule has 0 fully saturated rings. The van der Waals surface area contributed by atoms with Crippen LogP contribution in [0.2, 0.25) is 0 Å². The number of hydrogen-bond acceptors (Lipinski definition) is 4. The SMILES string of the molecule is CC(CO)C(C)NCc1cccc(O)c1O. The van der Waals surface area contributed by atoms with Crippen molar-refractivity contribution in [2.75, 3.05) is 6.61 Å². The van der Waals surface area contributed by atoms with Gasteiger partial charge in [0.25, 0.3) is 0 Å². The molecule has 4 heteroatoms. The molecule has 1 aromatic carbocycles. The summed E-state index contributed by atoms with van der Waals surface area (Å²) in [5, 5.41) is 31.0. The average Bonchev–Trinajstić information content (AvgIpc) is 2.29. The molecule has 0 heterocycles. The van der Waals surface area contributed by atoms with Crippen molar-refractivity contribution in [2.24, 2.45) is 5.92 Å². The molecule has 0 amide bonds. The number of rotatable bonds is 5. The first-order valence-corrected chi connectivity index (χ1v) is 5.40. The van der Waals surface area contributed by atoms with Gasteiger partial charge in [0, 0.05) is 24.8 Å². The van der Waals surface area contributed by atoms with Gasteiger partial charge in [0.05, 0.1) is 0 Å². The molecule has 1 rings (SSSR count). The van der Waals surface area contributed by atoms with Crippen molar-refractivity contribution in [3.63, 3.8) is 0 Å². The lowest BCUT2D eigenvalue weighted by Crippen LogP contribution is -2.33. The van der Waals surface area contributed by atoms with Crippen molar-refractivity contribution in [2.45, 2.75) is 26.4 Å². The van der Waals surface area contributed by atoms with Crippen LogP contribution in [0.4, 0.5) is 0 Å². The number of para-hydroxylation sites is 1. The smallest absolute Gasteiger partial charge is 0.161 e. The lowest BCUT2D eigenvalue weighted by Gasteiger charge is -2.19. The normalized spacial score (nSPS) is 14.7. The number of aliphatic hydroxyl groups excluding tert-OH is 1. The van der Waals surface area contributed by atoms with Gasteiger partial charge in [-0.3, -0.25) is 0 Å². The van der Waals surface area contributed by atoms with Crippen LogP contribution in [-0.4, -0.2) is 28.0 Å². The van der Waals surface area contributed by atoms with Crippen LogP contribution in [0.25, 0.3) is 0 Å². The van der Waals surface area contributed by atoms with Gasteiger partial charge in [-0.2, -0.15) is 0 Å². The summed E-state index contributed by atoms with van der Waals surface area (Å²) >= 11 is 0. The van der Waals surface area contributed by atoms with Gasteiger partial charge in [0.2, 0.25) is 0 Å². The maximum atomic E-state index is 9.57. The Morgan fingerprint density at radius 1 is 1.25 bits per heavy atom. The minimum atomic E-state index is -0.109. The van der Waals surface area contributed by atoms with E-state index in [4.69, 9.17) is 5.11 Å². The van der Waals surface area contributed by atoms with E-state index in [9.17, 15) is 10.2 Å². The summed E-state index contributed by atoms with van der Waals surface area (Å²) in [6.07, 6.45) is 0. The second-order valence-corrected chi connectivity index (χ2v) is 4.11. The van der Waals surface area contributed by atoms with Crippen molar-refractivity contribution in [3.05, 3.63) is 23.8 Å². The molecule has 2 atom stereocenters. The molecule has 4 N–H and O–H groups in total. The van der Waals surface area contributed by atoms with Gasteiger partial charge in [-0.25, -0.2) is 0 Å². The molecule has 0 saturated heterocycles. The topological polar surface area (TPSA) is 72.7 Å². The third-order valence-electron chi connectivity index (χ3n) is 2.85. The van der Waals surface area contributed by atoms with Crippen molar-refractivity contribution >= 4 is 0 Å². The van der Waals surface area contributed by atoms with E-state index < -0.39 is 0 Å². The Morgan fingerprint density at radius 2 is 1.94 bits per heavy atom. The largest absolute Gasteiger partial charge is 0.504 e. The summed E-state index contributed by atoms with van der Waals surface area (Å²) in [7, 11) is 0. The van der Waals surface area contributed by atoms with Crippen LogP contribution in [0.3, 0.4) is 0 Å². The summed E-state index contributed by atoms with van der Waals surface area (Å²) in [6, 6.07) is 5.02. The zero-order valence-electron chi connectivity index (χ0n) is 9.64. The Labute approximate surface area is 95.6 Å². The highest BCUT2D eigenvalue weighted by atomic mass is 16.3. The average molecular weight is 225 g/mol. The third kappa shape index (κ3) is 3.12. The van der Waals surface area contributed by atoms with Crippen LogP contribution in [-0.2, 0) is 6.54 Å². The van der Waals surface area contributed by atoms with E-state index in [-0.39, 0.29) is 30.1 Å². The van der Waals surface area contributed by atoms with E-state index in [0.717, 1.165) is 0 Å². The highest BCUT2D eigenvalue weighted by Crippen LogP contribution is 2.28. The Kier molecular flexibility index (Phi) is 4.58. The standard InChI is InChI=1S/C12H19NO3/c1-8(7-14)9(2)13-6-10-4-3-5-11(15)12(10)16/h3-5,8-9,13-16H,6-7H2,1-2H3. The van der Waals surface area contributed by atoms with Crippen LogP contribution in [0.1, 0.15) is 19.4 Å². The van der Waals surface area contributed by atoms with Gasteiger partial charge in [-0.05, 0) is 18.9 Å². The molecular formula is C12H19NO3. The molecule has 0 bridgehead atoms. The summed E-state index contributed by atoms with van der Waals surface area (Å²) in [6.45, 7) is 4.51. The number of hydrogen-bond donors (Lipinski definition) is 4. The van der Waals surface area contributed by atoms with Gasteiger partial charge in [0.1, 0.15) is 0 Å². The molecule has 0 aliphatic carbocycles.